The van der Waals surface area contributed by atoms with Crippen LogP contribution < -0.4 is 4.74 Å². The lowest BCUT2D eigenvalue weighted by molar-refractivity contribution is -0.368. The number of aromatic hydroxyl groups is 1. The van der Waals surface area contributed by atoms with Crippen molar-refractivity contribution in [3.63, 3.8) is 0 Å². The van der Waals surface area contributed by atoms with Gasteiger partial charge in [0, 0.05) is 45.4 Å². The number of carbonyl (C=O) groups is 3. The lowest BCUT2D eigenvalue weighted by atomic mass is 9.76. The SMILES string of the molecule is C=CC[C@@H]1/C=C(\C)C[C@H](C)C[C@H](OC)C2O[C@](O)(C(C)CC2OC)C(C)(O)C(=O)N2CCCCC2C(=O)O[C@H](/C(C)=C/c2ccc(O)c(OC)c2)C[C@@H](O)CC1=O. The number of rotatable bonds is 7. The van der Waals surface area contributed by atoms with Gasteiger partial charge < -0.3 is 49.0 Å². The molecule has 3 heterocycles. The van der Waals surface area contributed by atoms with Crippen molar-refractivity contribution in [2.75, 3.05) is 27.9 Å². The number of ether oxygens (including phenoxy) is 5. The minimum Gasteiger partial charge on any atom is -0.504 e. The number of phenolic OH excluding ortho intramolecular Hbond substituents is 1. The maximum Gasteiger partial charge on any atom is 0.329 e. The number of nitrogens with zero attached hydrogens (tertiary/aromatic N) is 1. The van der Waals surface area contributed by atoms with Crippen molar-refractivity contribution in [1.82, 2.24) is 4.90 Å². The predicted molar refractivity (Wildman–Crippen MR) is 214 cm³/mol. The fraction of sp³-hybridized carbons (Fsp3) is 0.659. The summed E-state index contributed by atoms with van der Waals surface area (Å²) in [5.41, 5.74) is -0.405. The minimum absolute atomic E-state index is 0.0161. The zero-order chi connectivity index (χ0) is 42.2. The average molecular weight is 800 g/mol. The molecule has 0 radical (unpaired) electrons. The normalized spacial score (nSPS) is 36.6. The summed E-state index contributed by atoms with van der Waals surface area (Å²) in [5.74, 6) is -5.35. The topological polar surface area (TPSA) is 182 Å². The average Bonchev–Trinajstić information content (AvgIpc) is 3.17. The van der Waals surface area contributed by atoms with Crippen LogP contribution in [0.3, 0.4) is 0 Å². The molecular weight excluding hydrogens is 734 g/mol. The number of ketones is 1. The second-order valence-corrected chi connectivity index (χ2v) is 16.5. The maximum atomic E-state index is 14.6. The lowest BCUT2D eigenvalue weighted by Crippen LogP contribution is -2.71. The molecule has 5 unspecified atom stereocenters. The Kier molecular flexibility index (Phi) is 16.1. The molecule has 2 fully saturated rings. The Morgan fingerprint density at radius 2 is 1.72 bits per heavy atom. The fourth-order valence-electron chi connectivity index (χ4n) is 8.71. The summed E-state index contributed by atoms with van der Waals surface area (Å²) < 4.78 is 29.6. The first kappa shape index (κ1) is 46.1. The Labute approximate surface area is 337 Å². The van der Waals surface area contributed by atoms with Crippen LogP contribution in [-0.4, -0.2) is 119 Å². The van der Waals surface area contributed by atoms with E-state index in [0.29, 0.717) is 43.2 Å². The molecule has 2 bridgehead atoms. The van der Waals surface area contributed by atoms with Crippen molar-refractivity contribution < 1.29 is 58.5 Å². The number of amides is 1. The number of carbonyl (C=O) groups excluding carboxylic acids is 3. The zero-order valence-electron chi connectivity index (χ0n) is 34.9. The summed E-state index contributed by atoms with van der Waals surface area (Å²) in [7, 11) is 4.51. The summed E-state index contributed by atoms with van der Waals surface area (Å²) in [5, 5.41) is 46.1. The molecule has 0 saturated carbocycles. The quantitative estimate of drug-likeness (QED) is 0.208. The van der Waals surface area contributed by atoms with Gasteiger partial charge in [-0.25, -0.2) is 4.79 Å². The van der Waals surface area contributed by atoms with Crippen molar-refractivity contribution in [3.05, 3.63) is 53.6 Å². The number of cyclic esters (lactones) is 1. The summed E-state index contributed by atoms with van der Waals surface area (Å²) in [6.07, 6.45) is 3.79. The van der Waals surface area contributed by atoms with E-state index in [4.69, 9.17) is 23.7 Å². The van der Waals surface area contributed by atoms with Crippen LogP contribution in [0, 0.1) is 17.8 Å². The standard InChI is InChI=1S/C44H65NO12/c1-10-13-31-19-26(2)18-27(3)20-38(54-8)40-39(55-9)22-29(5)44(52,57-40)43(6,51)42(50)45-17-12-11-14-33(45)41(49)56-36(25-32(46)24-35(31)48)28(4)21-30-15-16-34(47)37(23-30)53-7/h10,15-16,19,21,23,27,29,31-33,36,38-40,46-47,51-52H,1,11-14,17-18,20,22,24-25H2,2-9H3/b26-19+,28-21+/t27-,29?,31+,32-,33?,36-,38-,39?,40?,43?,44+/m0/s1. The number of fused-ring (bicyclic) bond motifs is 3. The molecule has 0 spiro atoms. The molecule has 57 heavy (non-hydrogen) atoms. The number of hydrogen-bond acceptors (Lipinski definition) is 12. The maximum absolute atomic E-state index is 14.6. The van der Waals surface area contributed by atoms with E-state index in [2.05, 4.69) is 6.58 Å². The number of methoxy groups -OCH3 is 3. The Morgan fingerprint density at radius 3 is 2.37 bits per heavy atom. The van der Waals surface area contributed by atoms with Gasteiger partial charge >= 0.3 is 5.97 Å². The van der Waals surface area contributed by atoms with Crippen LogP contribution in [0.15, 0.2) is 48.1 Å². The van der Waals surface area contributed by atoms with E-state index in [9.17, 15) is 34.8 Å². The van der Waals surface area contributed by atoms with Crippen molar-refractivity contribution in [1.29, 1.82) is 0 Å². The molecule has 4 N–H and O–H groups in total. The number of benzene rings is 1. The molecule has 11 atom stereocenters. The largest absolute Gasteiger partial charge is 0.504 e. The van der Waals surface area contributed by atoms with Crippen molar-refractivity contribution >= 4 is 23.7 Å². The number of hydrogen-bond donors (Lipinski definition) is 4. The minimum atomic E-state index is -2.51. The number of aliphatic hydroxyl groups excluding tert-OH is 1. The first-order valence-electron chi connectivity index (χ1n) is 20.1. The van der Waals surface area contributed by atoms with Gasteiger partial charge in [0.25, 0.3) is 5.91 Å². The molecule has 0 aromatic heterocycles. The fourth-order valence-corrected chi connectivity index (χ4v) is 8.71. The third-order valence-electron chi connectivity index (χ3n) is 12.0. The summed E-state index contributed by atoms with van der Waals surface area (Å²) >= 11 is 0. The Bertz CT molecular complexity index is 1640. The summed E-state index contributed by atoms with van der Waals surface area (Å²) in [4.78, 5) is 43.8. The van der Waals surface area contributed by atoms with Gasteiger partial charge in [-0.2, -0.15) is 0 Å². The van der Waals surface area contributed by atoms with E-state index in [-0.39, 0.29) is 55.4 Å². The van der Waals surface area contributed by atoms with Gasteiger partial charge in [0.15, 0.2) is 17.1 Å². The van der Waals surface area contributed by atoms with Crippen LogP contribution in [0.1, 0.15) is 98.0 Å². The number of piperidine rings is 1. The molecule has 0 aliphatic carbocycles. The number of aliphatic hydroxyl groups is 3. The van der Waals surface area contributed by atoms with E-state index in [0.717, 1.165) is 5.57 Å². The molecule has 3 aliphatic heterocycles. The second-order valence-electron chi connectivity index (χ2n) is 16.5. The van der Waals surface area contributed by atoms with E-state index < -0.39 is 71.7 Å². The van der Waals surface area contributed by atoms with Gasteiger partial charge in [0.1, 0.15) is 24.0 Å². The van der Waals surface area contributed by atoms with Crippen LogP contribution in [0.25, 0.3) is 6.08 Å². The van der Waals surface area contributed by atoms with Crippen LogP contribution in [0.2, 0.25) is 0 Å². The second kappa shape index (κ2) is 19.9. The highest BCUT2D eigenvalue weighted by Gasteiger charge is 2.63. The highest BCUT2D eigenvalue weighted by molar-refractivity contribution is 5.90. The zero-order valence-corrected chi connectivity index (χ0v) is 34.9. The molecule has 3 aliphatic rings. The first-order chi connectivity index (χ1) is 26.9. The van der Waals surface area contributed by atoms with Gasteiger partial charge in [-0.1, -0.05) is 43.7 Å². The molecule has 1 aromatic carbocycles. The van der Waals surface area contributed by atoms with Gasteiger partial charge in [-0.05, 0) is 94.9 Å². The summed E-state index contributed by atoms with van der Waals surface area (Å²) in [6.45, 7) is 12.6. The van der Waals surface area contributed by atoms with Crippen LogP contribution >= 0.6 is 0 Å². The smallest absolute Gasteiger partial charge is 0.329 e. The molecular formula is C44H65NO12. The van der Waals surface area contributed by atoms with Gasteiger partial charge in [0.2, 0.25) is 5.79 Å². The van der Waals surface area contributed by atoms with E-state index >= 15 is 0 Å². The molecule has 13 heteroatoms. The predicted octanol–water partition coefficient (Wildman–Crippen LogP) is 5.27. The van der Waals surface area contributed by atoms with E-state index in [1.165, 1.54) is 32.1 Å². The van der Waals surface area contributed by atoms with Crippen LogP contribution in [0.5, 0.6) is 11.5 Å². The molecule has 13 nitrogen and oxygen atoms in total. The van der Waals surface area contributed by atoms with Gasteiger partial charge in [-0.15, -0.1) is 6.58 Å². The summed E-state index contributed by atoms with van der Waals surface area (Å²) in [6, 6.07) is 3.61. The Balaban J connectivity index is 1.81. The lowest BCUT2D eigenvalue weighted by Gasteiger charge is -2.53. The number of esters is 1. The molecule has 2 saturated heterocycles. The van der Waals surface area contributed by atoms with Crippen LogP contribution in [0.4, 0.5) is 0 Å². The monoisotopic (exact) mass is 799 g/mol. The first-order valence-corrected chi connectivity index (χ1v) is 20.1. The Morgan fingerprint density at radius 1 is 1.04 bits per heavy atom. The number of Topliss-reactive ketones (excluding diaryl/α,β-unsaturated/α-hetero) is 1. The molecule has 1 amide bonds. The third kappa shape index (κ3) is 10.7. The number of allylic oxidation sites excluding steroid dienone is 3. The van der Waals surface area contributed by atoms with Crippen LogP contribution in [-0.2, 0) is 33.3 Å². The molecule has 318 valence electrons. The van der Waals surface area contributed by atoms with Crippen molar-refractivity contribution in [3.8, 4) is 11.5 Å². The van der Waals surface area contributed by atoms with E-state index in [1.807, 2.05) is 19.9 Å². The number of phenols is 1. The molecule has 1 aromatic rings. The van der Waals surface area contributed by atoms with Gasteiger partial charge in [-0.3, -0.25) is 9.59 Å². The molecule has 4 rings (SSSR count). The van der Waals surface area contributed by atoms with E-state index in [1.54, 1.807) is 45.2 Å². The van der Waals surface area contributed by atoms with Crippen molar-refractivity contribution in [2.45, 2.75) is 140 Å². The highest BCUT2D eigenvalue weighted by atomic mass is 16.7. The van der Waals surface area contributed by atoms with Crippen molar-refractivity contribution in [2.24, 2.45) is 17.8 Å². The Hall–Kier alpha value is -3.59. The highest BCUT2D eigenvalue weighted by Crippen LogP contribution is 2.44. The third-order valence-corrected chi connectivity index (χ3v) is 12.0. The van der Waals surface area contributed by atoms with Gasteiger partial charge in [0.05, 0.1) is 25.4 Å².